The molecule has 1 aromatic carbocycles. The number of hydrogen-bond acceptors (Lipinski definition) is 4. The Labute approximate surface area is 153 Å². The van der Waals surface area contributed by atoms with Crippen molar-refractivity contribution in [1.82, 2.24) is 15.5 Å². The zero-order valence-corrected chi connectivity index (χ0v) is 15.7. The van der Waals surface area contributed by atoms with Gasteiger partial charge in [0.15, 0.2) is 0 Å². The number of carbonyl (C=O) groups excluding carboxylic acids is 2. The van der Waals surface area contributed by atoms with Gasteiger partial charge in [-0.1, -0.05) is 11.6 Å². The average molecular weight is 368 g/mol. The van der Waals surface area contributed by atoms with E-state index in [0.29, 0.717) is 30.2 Å². The molecule has 1 aliphatic heterocycles. The Morgan fingerprint density at radius 1 is 1.24 bits per heavy atom. The minimum Gasteiger partial charge on any atom is -0.444 e. The van der Waals surface area contributed by atoms with Crippen molar-refractivity contribution in [1.29, 1.82) is 0 Å². The van der Waals surface area contributed by atoms with Crippen LogP contribution in [0.4, 0.5) is 4.79 Å². The molecule has 0 radical (unpaired) electrons. The highest BCUT2D eigenvalue weighted by Gasteiger charge is 2.26. The molecule has 0 aromatic heterocycles. The van der Waals surface area contributed by atoms with Gasteiger partial charge in [-0.2, -0.15) is 0 Å². The zero-order valence-electron chi connectivity index (χ0n) is 15.0. The van der Waals surface area contributed by atoms with E-state index in [1.54, 1.807) is 24.3 Å². The normalized spacial score (nSPS) is 17.4. The molecule has 1 fully saturated rings. The van der Waals surface area contributed by atoms with Crippen LogP contribution in [0.15, 0.2) is 24.3 Å². The van der Waals surface area contributed by atoms with Gasteiger partial charge in [0, 0.05) is 42.8 Å². The summed E-state index contributed by atoms with van der Waals surface area (Å²) in [6.45, 7) is 7.98. The van der Waals surface area contributed by atoms with Crippen LogP contribution in [0.5, 0.6) is 0 Å². The third kappa shape index (κ3) is 6.55. The van der Waals surface area contributed by atoms with Crippen molar-refractivity contribution in [2.75, 3.05) is 26.2 Å². The van der Waals surface area contributed by atoms with E-state index in [9.17, 15) is 9.59 Å². The summed E-state index contributed by atoms with van der Waals surface area (Å²) in [4.78, 5) is 25.8. The molecule has 6 nitrogen and oxygen atoms in total. The van der Waals surface area contributed by atoms with E-state index >= 15 is 0 Å². The molecule has 1 aliphatic rings. The molecule has 1 aromatic rings. The first-order valence-corrected chi connectivity index (χ1v) is 8.87. The van der Waals surface area contributed by atoms with Gasteiger partial charge in [-0.15, -0.1) is 0 Å². The first-order valence-electron chi connectivity index (χ1n) is 8.50. The van der Waals surface area contributed by atoms with Gasteiger partial charge in [-0.3, -0.25) is 4.79 Å². The van der Waals surface area contributed by atoms with Crippen molar-refractivity contribution in [3.63, 3.8) is 0 Å². The summed E-state index contributed by atoms with van der Waals surface area (Å²) in [7, 11) is 0. The van der Waals surface area contributed by atoms with Crippen LogP contribution < -0.4 is 10.6 Å². The van der Waals surface area contributed by atoms with E-state index in [4.69, 9.17) is 16.3 Å². The van der Waals surface area contributed by atoms with Gasteiger partial charge in [0.2, 0.25) is 0 Å². The fourth-order valence-corrected chi connectivity index (χ4v) is 2.77. The number of alkyl carbamates (subject to hydrolysis) is 1. The number of ether oxygens (including phenoxy) is 1. The first-order chi connectivity index (χ1) is 11.7. The standard InChI is InChI=1S/C18H26ClN3O3/c1-18(2,3)25-17(24)21-10-9-20-15-8-11-22(12-15)16(23)13-4-6-14(19)7-5-13/h4-7,15,20H,8-12H2,1-3H3,(H,21,24). The number of likely N-dealkylation sites (tertiary alicyclic amines) is 1. The molecule has 1 heterocycles. The van der Waals surface area contributed by atoms with Crippen LogP contribution >= 0.6 is 11.6 Å². The Balaban J connectivity index is 1.68. The van der Waals surface area contributed by atoms with E-state index < -0.39 is 11.7 Å². The SMILES string of the molecule is CC(C)(C)OC(=O)NCCNC1CCN(C(=O)c2ccc(Cl)cc2)C1. The molecule has 2 rings (SSSR count). The number of rotatable bonds is 5. The summed E-state index contributed by atoms with van der Waals surface area (Å²) in [5.74, 6) is 0.0212. The summed E-state index contributed by atoms with van der Waals surface area (Å²) in [5.41, 5.74) is 0.155. The maximum Gasteiger partial charge on any atom is 0.407 e. The van der Waals surface area contributed by atoms with Crippen LogP contribution in [0.3, 0.4) is 0 Å². The quantitative estimate of drug-likeness (QED) is 0.785. The molecule has 1 atom stereocenters. The lowest BCUT2D eigenvalue weighted by Crippen LogP contribution is -2.40. The molecule has 7 heteroatoms. The second-order valence-electron chi connectivity index (χ2n) is 7.13. The molecular formula is C18H26ClN3O3. The summed E-state index contributed by atoms with van der Waals surface area (Å²) < 4.78 is 5.18. The van der Waals surface area contributed by atoms with Crippen molar-refractivity contribution < 1.29 is 14.3 Å². The Hall–Kier alpha value is -1.79. The number of amides is 2. The maximum atomic E-state index is 12.4. The van der Waals surface area contributed by atoms with Crippen molar-refractivity contribution in [2.45, 2.75) is 38.8 Å². The number of nitrogens with one attached hydrogen (secondary N) is 2. The number of halogens is 1. The topological polar surface area (TPSA) is 70.7 Å². The third-order valence-electron chi connectivity index (χ3n) is 3.79. The van der Waals surface area contributed by atoms with Crippen LogP contribution in [-0.4, -0.2) is 54.7 Å². The number of hydrogen-bond donors (Lipinski definition) is 2. The van der Waals surface area contributed by atoms with E-state index in [1.165, 1.54) is 0 Å². The molecule has 2 N–H and O–H groups in total. The molecule has 1 unspecified atom stereocenters. The fourth-order valence-electron chi connectivity index (χ4n) is 2.64. The van der Waals surface area contributed by atoms with Crippen molar-refractivity contribution >= 4 is 23.6 Å². The second kappa shape index (κ2) is 8.54. The molecule has 0 spiro atoms. The predicted octanol–water partition coefficient (Wildman–Crippen LogP) is 2.67. The van der Waals surface area contributed by atoms with Gasteiger partial charge >= 0.3 is 6.09 Å². The predicted molar refractivity (Wildman–Crippen MR) is 98.0 cm³/mol. The Morgan fingerprint density at radius 2 is 1.92 bits per heavy atom. The minimum atomic E-state index is -0.495. The highest BCUT2D eigenvalue weighted by Crippen LogP contribution is 2.16. The summed E-state index contributed by atoms with van der Waals surface area (Å²) >= 11 is 5.85. The van der Waals surface area contributed by atoms with E-state index in [2.05, 4.69) is 10.6 Å². The molecule has 1 saturated heterocycles. The molecular weight excluding hydrogens is 342 g/mol. The van der Waals surface area contributed by atoms with Crippen LogP contribution in [0.25, 0.3) is 0 Å². The van der Waals surface area contributed by atoms with Crippen molar-refractivity contribution in [3.05, 3.63) is 34.9 Å². The van der Waals surface area contributed by atoms with Crippen LogP contribution in [-0.2, 0) is 4.74 Å². The van der Waals surface area contributed by atoms with Gasteiger partial charge in [0.25, 0.3) is 5.91 Å². The largest absolute Gasteiger partial charge is 0.444 e. The summed E-state index contributed by atoms with van der Waals surface area (Å²) in [6, 6.07) is 7.18. The van der Waals surface area contributed by atoms with Gasteiger partial charge in [-0.25, -0.2) is 4.79 Å². The Kier molecular flexibility index (Phi) is 6.67. The van der Waals surface area contributed by atoms with Gasteiger partial charge < -0.3 is 20.3 Å². The Bertz CT molecular complexity index is 599. The highest BCUT2D eigenvalue weighted by molar-refractivity contribution is 6.30. The smallest absolute Gasteiger partial charge is 0.407 e. The lowest BCUT2D eigenvalue weighted by atomic mass is 10.2. The van der Waals surface area contributed by atoms with Crippen LogP contribution in [0, 0.1) is 0 Å². The molecule has 0 aliphatic carbocycles. The minimum absolute atomic E-state index is 0.0212. The van der Waals surface area contributed by atoms with E-state index in [-0.39, 0.29) is 11.9 Å². The zero-order chi connectivity index (χ0) is 18.4. The molecule has 2 amide bonds. The van der Waals surface area contributed by atoms with Gasteiger partial charge in [0.1, 0.15) is 5.60 Å². The summed E-state index contributed by atoms with van der Waals surface area (Å²) in [5, 5.41) is 6.69. The number of carbonyl (C=O) groups is 2. The Morgan fingerprint density at radius 3 is 2.56 bits per heavy atom. The molecule has 0 bridgehead atoms. The highest BCUT2D eigenvalue weighted by atomic mass is 35.5. The van der Waals surface area contributed by atoms with Gasteiger partial charge in [-0.05, 0) is 51.5 Å². The molecule has 25 heavy (non-hydrogen) atoms. The number of nitrogens with zero attached hydrogens (tertiary/aromatic N) is 1. The summed E-state index contributed by atoms with van der Waals surface area (Å²) in [6.07, 6.45) is 0.478. The third-order valence-corrected chi connectivity index (χ3v) is 4.04. The van der Waals surface area contributed by atoms with Gasteiger partial charge in [0.05, 0.1) is 0 Å². The van der Waals surface area contributed by atoms with E-state index in [0.717, 1.165) is 13.0 Å². The molecule has 138 valence electrons. The average Bonchev–Trinajstić information content (AvgIpc) is 2.99. The lowest BCUT2D eigenvalue weighted by molar-refractivity contribution is 0.0528. The van der Waals surface area contributed by atoms with Crippen LogP contribution in [0.2, 0.25) is 5.02 Å². The second-order valence-corrected chi connectivity index (χ2v) is 7.56. The van der Waals surface area contributed by atoms with Crippen molar-refractivity contribution in [3.8, 4) is 0 Å². The van der Waals surface area contributed by atoms with Crippen molar-refractivity contribution in [2.24, 2.45) is 0 Å². The fraction of sp³-hybridized carbons (Fsp3) is 0.556. The first kappa shape index (κ1) is 19.5. The van der Waals surface area contributed by atoms with E-state index in [1.807, 2.05) is 25.7 Å². The number of benzene rings is 1. The van der Waals surface area contributed by atoms with Crippen LogP contribution in [0.1, 0.15) is 37.6 Å². The maximum absolute atomic E-state index is 12.4. The monoisotopic (exact) mass is 367 g/mol. The molecule has 0 saturated carbocycles. The lowest BCUT2D eigenvalue weighted by Gasteiger charge is -2.20.